The third kappa shape index (κ3) is 7.45. The third-order valence-corrected chi connectivity index (χ3v) is 3.95. The molecule has 0 aromatic heterocycles. The minimum Gasteiger partial charge on any atom is -0.383 e. The molecule has 0 saturated carbocycles. The van der Waals surface area contributed by atoms with Crippen molar-refractivity contribution in [2.45, 2.75) is 19.3 Å². The zero-order chi connectivity index (χ0) is 17.7. The number of rotatable bonds is 9. The lowest BCUT2D eigenvalue weighted by Crippen LogP contribution is -2.34. The van der Waals surface area contributed by atoms with Gasteiger partial charge in [0.15, 0.2) is 5.11 Å². The summed E-state index contributed by atoms with van der Waals surface area (Å²) in [7, 11) is 1.66. The van der Waals surface area contributed by atoms with Crippen LogP contribution in [0.15, 0.2) is 65.8 Å². The lowest BCUT2D eigenvalue weighted by molar-refractivity contribution is 0.204. The first-order valence-electron chi connectivity index (χ1n) is 8.48. The molecule has 25 heavy (non-hydrogen) atoms. The minimum absolute atomic E-state index is 0.508. The lowest BCUT2D eigenvalue weighted by Gasteiger charge is -2.10. The Kier molecular flexibility index (Phi) is 8.66. The quantitative estimate of drug-likeness (QED) is 0.313. The SMILES string of the molecule is COCCNC(=S)N/N=C(\CCCc1ccccc1)c1ccccc1. The van der Waals surface area contributed by atoms with Crippen LogP contribution >= 0.6 is 12.2 Å². The smallest absolute Gasteiger partial charge is 0.187 e. The summed E-state index contributed by atoms with van der Waals surface area (Å²) in [5.74, 6) is 0. The van der Waals surface area contributed by atoms with E-state index >= 15 is 0 Å². The number of hydrogen-bond acceptors (Lipinski definition) is 3. The van der Waals surface area contributed by atoms with Crippen molar-refractivity contribution in [3.05, 3.63) is 71.8 Å². The topological polar surface area (TPSA) is 45.6 Å². The number of benzene rings is 2. The van der Waals surface area contributed by atoms with Gasteiger partial charge in [-0.05, 0) is 42.6 Å². The van der Waals surface area contributed by atoms with Crippen molar-refractivity contribution >= 4 is 23.0 Å². The van der Waals surface area contributed by atoms with Gasteiger partial charge >= 0.3 is 0 Å². The van der Waals surface area contributed by atoms with Crippen LogP contribution in [-0.2, 0) is 11.2 Å². The van der Waals surface area contributed by atoms with Gasteiger partial charge in [-0.25, -0.2) is 0 Å². The van der Waals surface area contributed by atoms with E-state index in [-0.39, 0.29) is 0 Å². The highest BCUT2D eigenvalue weighted by Gasteiger charge is 2.05. The van der Waals surface area contributed by atoms with Gasteiger partial charge in [0, 0.05) is 13.7 Å². The van der Waals surface area contributed by atoms with Crippen molar-refractivity contribution in [1.82, 2.24) is 10.7 Å². The summed E-state index contributed by atoms with van der Waals surface area (Å²) in [6.07, 6.45) is 2.94. The predicted octanol–water partition coefficient (Wildman–Crippen LogP) is 3.52. The molecule has 0 aliphatic rings. The first-order chi connectivity index (χ1) is 12.3. The highest BCUT2D eigenvalue weighted by molar-refractivity contribution is 7.80. The van der Waals surface area contributed by atoms with E-state index in [0.717, 1.165) is 30.5 Å². The fraction of sp³-hybridized carbons (Fsp3) is 0.300. The second kappa shape index (κ2) is 11.3. The van der Waals surface area contributed by atoms with Crippen LogP contribution in [0.2, 0.25) is 0 Å². The molecule has 0 aliphatic heterocycles. The molecule has 0 bridgehead atoms. The molecule has 0 amide bonds. The molecular formula is C20H25N3OS. The molecule has 0 aliphatic carbocycles. The van der Waals surface area contributed by atoms with Crippen molar-refractivity contribution in [3.8, 4) is 0 Å². The van der Waals surface area contributed by atoms with Crippen LogP contribution in [-0.4, -0.2) is 31.1 Å². The summed E-state index contributed by atoms with van der Waals surface area (Å²) >= 11 is 5.24. The standard InChI is InChI=1S/C20H25N3OS/c1-24-16-15-21-20(25)23-22-19(18-12-6-3-7-13-18)14-8-11-17-9-4-2-5-10-17/h2-7,9-10,12-13H,8,11,14-16H2,1H3,(H2,21,23,25)/b22-19+. The molecule has 0 heterocycles. The van der Waals surface area contributed by atoms with E-state index in [9.17, 15) is 0 Å². The molecule has 0 spiro atoms. The van der Waals surface area contributed by atoms with Crippen molar-refractivity contribution in [2.75, 3.05) is 20.3 Å². The highest BCUT2D eigenvalue weighted by Crippen LogP contribution is 2.10. The molecule has 5 heteroatoms. The maximum atomic E-state index is 5.24. The Morgan fingerprint density at radius 3 is 2.40 bits per heavy atom. The highest BCUT2D eigenvalue weighted by atomic mass is 32.1. The number of hydrazone groups is 1. The van der Waals surface area contributed by atoms with Crippen LogP contribution in [0.5, 0.6) is 0 Å². The van der Waals surface area contributed by atoms with Crippen molar-refractivity contribution < 1.29 is 4.74 Å². The normalized spacial score (nSPS) is 11.2. The van der Waals surface area contributed by atoms with Gasteiger partial charge < -0.3 is 10.1 Å². The van der Waals surface area contributed by atoms with Gasteiger partial charge in [0.25, 0.3) is 0 Å². The number of aryl methyl sites for hydroxylation is 1. The van der Waals surface area contributed by atoms with E-state index in [4.69, 9.17) is 17.0 Å². The van der Waals surface area contributed by atoms with E-state index in [1.165, 1.54) is 5.56 Å². The fourth-order valence-electron chi connectivity index (χ4n) is 2.42. The maximum absolute atomic E-state index is 5.24. The summed E-state index contributed by atoms with van der Waals surface area (Å²) in [5, 5.41) is 8.09. The van der Waals surface area contributed by atoms with Gasteiger partial charge in [-0.3, -0.25) is 5.43 Å². The lowest BCUT2D eigenvalue weighted by atomic mass is 10.0. The van der Waals surface area contributed by atoms with Crippen LogP contribution in [0.25, 0.3) is 0 Å². The zero-order valence-corrected chi connectivity index (χ0v) is 15.4. The first kappa shape index (κ1) is 19.1. The van der Waals surface area contributed by atoms with E-state index < -0.39 is 0 Å². The van der Waals surface area contributed by atoms with Gasteiger partial charge in [0.05, 0.1) is 12.3 Å². The molecule has 0 atom stereocenters. The number of ether oxygens (including phenoxy) is 1. The molecule has 2 aromatic carbocycles. The number of nitrogens with one attached hydrogen (secondary N) is 2. The molecule has 0 radical (unpaired) electrons. The number of hydrogen-bond donors (Lipinski definition) is 2. The van der Waals surface area contributed by atoms with E-state index in [0.29, 0.717) is 18.3 Å². The average molecular weight is 356 g/mol. The fourth-order valence-corrected chi connectivity index (χ4v) is 2.57. The van der Waals surface area contributed by atoms with Crippen molar-refractivity contribution in [2.24, 2.45) is 5.10 Å². The van der Waals surface area contributed by atoms with Crippen LogP contribution in [0.3, 0.4) is 0 Å². The maximum Gasteiger partial charge on any atom is 0.187 e. The predicted molar refractivity (Wildman–Crippen MR) is 108 cm³/mol. The van der Waals surface area contributed by atoms with Gasteiger partial charge in [-0.2, -0.15) is 5.10 Å². The molecule has 0 fully saturated rings. The summed E-state index contributed by atoms with van der Waals surface area (Å²) in [5.41, 5.74) is 6.41. The average Bonchev–Trinajstić information content (AvgIpc) is 2.66. The molecule has 0 unspecified atom stereocenters. The van der Waals surface area contributed by atoms with Crippen molar-refractivity contribution in [3.63, 3.8) is 0 Å². The second-order valence-corrected chi connectivity index (χ2v) is 6.03. The Morgan fingerprint density at radius 1 is 1.04 bits per heavy atom. The molecule has 4 nitrogen and oxygen atoms in total. The van der Waals surface area contributed by atoms with Gasteiger partial charge in [-0.1, -0.05) is 60.7 Å². The summed E-state index contributed by atoms with van der Waals surface area (Å²) in [4.78, 5) is 0. The Balaban J connectivity index is 1.93. The second-order valence-electron chi connectivity index (χ2n) is 5.62. The summed E-state index contributed by atoms with van der Waals surface area (Å²) < 4.78 is 5.00. The number of methoxy groups -OCH3 is 1. The van der Waals surface area contributed by atoms with Crippen LogP contribution in [0.4, 0.5) is 0 Å². The molecule has 2 rings (SSSR count). The Labute approximate surface area is 155 Å². The zero-order valence-electron chi connectivity index (χ0n) is 14.6. The van der Waals surface area contributed by atoms with Gasteiger partial charge in [0.2, 0.25) is 0 Å². The monoisotopic (exact) mass is 355 g/mol. The minimum atomic E-state index is 0.508. The Bertz CT molecular complexity index is 659. The molecular weight excluding hydrogens is 330 g/mol. The molecule has 2 N–H and O–H groups in total. The van der Waals surface area contributed by atoms with E-state index in [1.807, 2.05) is 24.3 Å². The third-order valence-electron chi connectivity index (χ3n) is 3.71. The first-order valence-corrected chi connectivity index (χ1v) is 8.89. The van der Waals surface area contributed by atoms with Crippen LogP contribution in [0, 0.1) is 0 Å². The summed E-state index contributed by atoms with van der Waals surface area (Å²) in [6.45, 7) is 1.26. The summed E-state index contributed by atoms with van der Waals surface area (Å²) in [6, 6.07) is 20.7. The molecule has 2 aromatic rings. The Hall–Kier alpha value is -2.24. The Morgan fingerprint density at radius 2 is 1.72 bits per heavy atom. The van der Waals surface area contributed by atoms with E-state index in [1.54, 1.807) is 7.11 Å². The number of nitrogens with zero attached hydrogens (tertiary/aromatic N) is 1. The van der Waals surface area contributed by atoms with E-state index in [2.05, 4.69) is 52.2 Å². The van der Waals surface area contributed by atoms with Crippen LogP contribution in [0.1, 0.15) is 24.0 Å². The molecule has 132 valence electrons. The molecule has 0 saturated heterocycles. The van der Waals surface area contributed by atoms with Gasteiger partial charge in [0.1, 0.15) is 0 Å². The number of thiocarbonyl (C=S) groups is 1. The van der Waals surface area contributed by atoms with Crippen LogP contribution < -0.4 is 10.7 Å². The van der Waals surface area contributed by atoms with Gasteiger partial charge in [-0.15, -0.1) is 0 Å². The van der Waals surface area contributed by atoms with Crippen molar-refractivity contribution in [1.29, 1.82) is 0 Å². The largest absolute Gasteiger partial charge is 0.383 e.